The molecule has 4 N–H and O–H groups in total. The number of hydrogen-bond donors (Lipinski definition) is 4. The van der Waals surface area contributed by atoms with Crippen molar-refractivity contribution in [3.63, 3.8) is 0 Å². The Morgan fingerprint density at radius 2 is 1.86 bits per heavy atom. The lowest BCUT2D eigenvalue weighted by Gasteiger charge is -2.50. The molecule has 0 spiro atoms. The molecule has 0 bridgehead atoms. The van der Waals surface area contributed by atoms with Crippen LogP contribution in [0.25, 0.3) is 0 Å². The lowest BCUT2D eigenvalue weighted by atomic mass is 9.55. The number of phenolic OH excluding ortho intramolecular Hbond substituents is 1. The molecule has 2 fully saturated rings. The maximum atomic E-state index is 10.5. The van der Waals surface area contributed by atoms with Crippen molar-refractivity contribution < 1.29 is 20.4 Å². The highest BCUT2D eigenvalue weighted by molar-refractivity contribution is 5.40. The van der Waals surface area contributed by atoms with Gasteiger partial charge in [-0.1, -0.05) is 13.0 Å². The normalized spacial score (nSPS) is 46.7. The quantitative estimate of drug-likeness (QED) is 0.586. The van der Waals surface area contributed by atoms with E-state index in [0.717, 1.165) is 25.7 Å². The van der Waals surface area contributed by atoms with Gasteiger partial charge < -0.3 is 20.4 Å². The predicted molar refractivity (Wildman–Crippen MR) is 81.5 cm³/mol. The summed E-state index contributed by atoms with van der Waals surface area (Å²) in [5.74, 6) is 0.898. The summed E-state index contributed by atoms with van der Waals surface area (Å²) >= 11 is 0. The number of aryl methyl sites for hydroxylation is 1. The number of phenols is 1. The first-order valence-corrected chi connectivity index (χ1v) is 8.29. The van der Waals surface area contributed by atoms with Gasteiger partial charge in [0.1, 0.15) is 11.9 Å². The fourth-order valence-corrected chi connectivity index (χ4v) is 5.62. The minimum absolute atomic E-state index is 0.0572. The molecule has 7 atom stereocenters. The third kappa shape index (κ3) is 1.75. The standard InChI is InChI=1S/C18H24O4/c1-18-7-6-12-11-5-3-10(19)8-9(11)2-4-13(12)14(18)15(20)16(21)17(18)22/h3,5,8,12-17,19-22H,2,4,6-7H2,1H3/t12-,13-,14-,15-,16-,17-,18+/m1/s1. The van der Waals surface area contributed by atoms with E-state index in [0.29, 0.717) is 11.7 Å². The van der Waals surface area contributed by atoms with Crippen molar-refractivity contribution in [2.24, 2.45) is 17.3 Å². The number of hydrogen-bond acceptors (Lipinski definition) is 4. The van der Waals surface area contributed by atoms with Crippen molar-refractivity contribution in [3.8, 4) is 5.75 Å². The van der Waals surface area contributed by atoms with Crippen LogP contribution in [0.4, 0.5) is 0 Å². The van der Waals surface area contributed by atoms with E-state index >= 15 is 0 Å². The molecule has 22 heavy (non-hydrogen) atoms. The maximum Gasteiger partial charge on any atom is 0.115 e. The molecule has 0 amide bonds. The van der Waals surface area contributed by atoms with E-state index in [1.54, 1.807) is 6.07 Å². The molecule has 4 rings (SSSR count). The second-order valence-electron chi connectivity index (χ2n) is 7.69. The number of aliphatic hydroxyl groups is 3. The molecule has 0 saturated heterocycles. The summed E-state index contributed by atoms with van der Waals surface area (Å²) in [5.41, 5.74) is 2.09. The second-order valence-corrected chi connectivity index (χ2v) is 7.69. The maximum absolute atomic E-state index is 10.5. The molecule has 1 aromatic rings. The third-order valence-electron chi connectivity index (χ3n) is 6.72. The van der Waals surface area contributed by atoms with Crippen LogP contribution in [0.1, 0.15) is 43.2 Å². The summed E-state index contributed by atoms with van der Waals surface area (Å²) in [6, 6.07) is 5.61. The van der Waals surface area contributed by atoms with E-state index in [1.807, 2.05) is 19.1 Å². The fraction of sp³-hybridized carbons (Fsp3) is 0.667. The Morgan fingerprint density at radius 1 is 1.09 bits per heavy atom. The zero-order valence-electron chi connectivity index (χ0n) is 12.8. The molecule has 1 aromatic carbocycles. The zero-order valence-corrected chi connectivity index (χ0v) is 12.8. The van der Waals surface area contributed by atoms with Gasteiger partial charge >= 0.3 is 0 Å². The molecule has 0 radical (unpaired) electrons. The lowest BCUT2D eigenvalue weighted by Crippen LogP contribution is -2.46. The molecule has 0 aromatic heterocycles. The van der Waals surface area contributed by atoms with Crippen molar-refractivity contribution in [2.45, 2.75) is 56.8 Å². The molecule has 0 unspecified atom stereocenters. The highest BCUT2D eigenvalue weighted by Gasteiger charge is 2.62. The van der Waals surface area contributed by atoms with Crippen LogP contribution in [0.2, 0.25) is 0 Å². The summed E-state index contributed by atoms with van der Waals surface area (Å²) in [6.45, 7) is 2.02. The van der Waals surface area contributed by atoms with Crippen LogP contribution in [-0.4, -0.2) is 38.7 Å². The van der Waals surface area contributed by atoms with Crippen molar-refractivity contribution in [1.29, 1.82) is 0 Å². The molecule has 2 saturated carbocycles. The average molecular weight is 304 g/mol. The van der Waals surface area contributed by atoms with Gasteiger partial charge in [-0.25, -0.2) is 0 Å². The van der Waals surface area contributed by atoms with E-state index in [1.165, 1.54) is 11.1 Å². The van der Waals surface area contributed by atoms with Crippen LogP contribution < -0.4 is 0 Å². The van der Waals surface area contributed by atoms with E-state index in [9.17, 15) is 20.4 Å². The molecule has 120 valence electrons. The van der Waals surface area contributed by atoms with Gasteiger partial charge in [-0.2, -0.15) is 0 Å². The first kappa shape index (κ1) is 14.5. The molecule has 3 aliphatic carbocycles. The lowest BCUT2D eigenvalue weighted by molar-refractivity contribution is -0.0505. The van der Waals surface area contributed by atoms with Crippen LogP contribution in [0.5, 0.6) is 5.75 Å². The van der Waals surface area contributed by atoms with Crippen molar-refractivity contribution >= 4 is 0 Å². The van der Waals surface area contributed by atoms with Gasteiger partial charge in [0, 0.05) is 5.41 Å². The van der Waals surface area contributed by atoms with Gasteiger partial charge in [0.25, 0.3) is 0 Å². The van der Waals surface area contributed by atoms with Crippen LogP contribution >= 0.6 is 0 Å². The Kier molecular flexibility index (Phi) is 3.09. The Balaban J connectivity index is 1.74. The largest absolute Gasteiger partial charge is 0.508 e. The molecule has 4 heteroatoms. The summed E-state index contributed by atoms with van der Waals surface area (Å²) in [4.78, 5) is 0. The highest BCUT2D eigenvalue weighted by atomic mass is 16.4. The van der Waals surface area contributed by atoms with E-state index in [2.05, 4.69) is 0 Å². The number of aliphatic hydroxyl groups excluding tert-OH is 3. The van der Waals surface area contributed by atoms with Gasteiger partial charge in [-0.3, -0.25) is 0 Å². The minimum Gasteiger partial charge on any atom is -0.508 e. The first-order valence-electron chi connectivity index (χ1n) is 8.29. The van der Waals surface area contributed by atoms with Crippen LogP contribution in [0.15, 0.2) is 18.2 Å². The smallest absolute Gasteiger partial charge is 0.115 e. The van der Waals surface area contributed by atoms with E-state index < -0.39 is 23.7 Å². The van der Waals surface area contributed by atoms with Gasteiger partial charge in [-0.15, -0.1) is 0 Å². The van der Waals surface area contributed by atoms with E-state index in [-0.39, 0.29) is 11.8 Å². The topological polar surface area (TPSA) is 80.9 Å². The first-order chi connectivity index (χ1) is 10.4. The van der Waals surface area contributed by atoms with Crippen molar-refractivity contribution in [2.75, 3.05) is 0 Å². The highest BCUT2D eigenvalue weighted by Crippen LogP contribution is 2.60. The minimum atomic E-state index is -1.03. The third-order valence-corrected chi connectivity index (χ3v) is 6.72. The SMILES string of the molecule is C[C@]12CC[C@@H]3c4ccc(O)cc4CC[C@H]3[C@@H]1[C@@H](O)[C@@H](O)[C@H]2O. The number of fused-ring (bicyclic) bond motifs is 5. The second kappa shape index (κ2) is 4.70. The van der Waals surface area contributed by atoms with Crippen LogP contribution in [0, 0.1) is 17.3 Å². The Labute approximate surface area is 130 Å². The Morgan fingerprint density at radius 3 is 2.64 bits per heavy atom. The Bertz CT molecular complexity index is 601. The van der Waals surface area contributed by atoms with Gasteiger partial charge in [-0.05, 0) is 66.7 Å². The van der Waals surface area contributed by atoms with Gasteiger partial charge in [0.2, 0.25) is 0 Å². The zero-order chi connectivity index (χ0) is 15.6. The van der Waals surface area contributed by atoms with Crippen LogP contribution in [0.3, 0.4) is 0 Å². The summed E-state index contributed by atoms with van der Waals surface area (Å²) in [7, 11) is 0. The van der Waals surface area contributed by atoms with Gasteiger partial charge in [0.15, 0.2) is 0 Å². The molecule has 0 aliphatic heterocycles. The summed E-state index contributed by atoms with van der Waals surface area (Å²) in [6.07, 6.45) is 0.894. The van der Waals surface area contributed by atoms with Crippen molar-refractivity contribution in [3.05, 3.63) is 29.3 Å². The number of benzene rings is 1. The summed E-state index contributed by atoms with van der Waals surface area (Å²) in [5, 5.41) is 40.7. The average Bonchev–Trinajstić information content (AvgIpc) is 2.68. The summed E-state index contributed by atoms with van der Waals surface area (Å²) < 4.78 is 0. The predicted octanol–water partition coefficient (Wildman–Crippen LogP) is 1.55. The van der Waals surface area contributed by atoms with Crippen LogP contribution in [-0.2, 0) is 6.42 Å². The molecule has 4 nitrogen and oxygen atoms in total. The molecule has 0 heterocycles. The van der Waals surface area contributed by atoms with Gasteiger partial charge in [0.05, 0.1) is 12.2 Å². The Hall–Kier alpha value is -1.10. The van der Waals surface area contributed by atoms with E-state index in [4.69, 9.17) is 0 Å². The monoisotopic (exact) mass is 304 g/mol. The fourth-order valence-electron chi connectivity index (χ4n) is 5.62. The molecular weight excluding hydrogens is 280 g/mol. The molecular formula is C18H24O4. The number of rotatable bonds is 0. The van der Waals surface area contributed by atoms with Crippen molar-refractivity contribution in [1.82, 2.24) is 0 Å². The number of aromatic hydroxyl groups is 1. The molecule has 3 aliphatic rings.